The summed E-state index contributed by atoms with van der Waals surface area (Å²) >= 11 is 5.87. The Morgan fingerprint density at radius 2 is 2.00 bits per heavy atom. The second-order valence-corrected chi connectivity index (χ2v) is 8.24. The topological polar surface area (TPSA) is 70.6 Å². The van der Waals surface area contributed by atoms with Crippen molar-refractivity contribution in [3.63, 3.8) is 0 Å². The highest BCUT2D eigenvalue weighted by atomic mass is 35.5. The predicted octanol–water partition coefficient (Wildman–Crippen LogP) is 3.09. The van der Waals surface area contributed by atoms with Gasteiger partial charge >= 0.3 is 0 Å². The molecular weight excluding hydrogens is 402 g/mol. The molecule has 2 aromatic rings. The third-order valence-corrected chi connectivity index (χ3v) is 5.41. The lowest BCUT2D eigenvalue weighted by atomic mass is 9.96. The van der Waals surface area contributed by atoms with E-state index in [4.69, 9.17) is 21.3 Å². The third kappa shape index (κ3) is 6.31. The number of anilines is 1. The molecule has 0 aliphatic carbocycles. The highest BCUT2D eigenvalue weighted by Gasteiger charge is 2.20. The summed E-state index contributed by atoms with van der Waals surface area (Å²) in [6.45, 7) is 2.67. The van der Waals surface area contributed by atoms with Crippen LogP contribution in [-0.2, 0) is 11.3 Å². The minimum atomic E-state index is -0.0105. The Balaban J connectivity index is 1.59. The largest absolute Gasteiger partial charge is 0.493 e. The van der Waals surface area contributed by atoms with Crippen LogP contribution in [0.3, 0.4) is 0 Å². The molecule has 1 saturated heterocycles. The first-order chi connectivity index (χ1) is 14.4. The zero-order chi connectivity index (χ0) is 21.5. The van der Waals surface area contributed by atoms with Gasteiger partial charge in [-0.15, -0.1) is 0 Å². The molecule has 1 N–H and O–H groups in total. The maximum atomic E-state index is 12.5. The van der Waals surface area contributed by atoms with E-state index in [1.807, 2.05) is 19.0 Å². The van der Waals surface area contributed by atoms with Gasteiger partial charge in [-0.3, -0.25) is 4.79 Å². The number of ether oxygens (including phenoxy) is 1. The molecule has 2 heterocycles. The van der Waals surface area contributed by atoms with E-state index in [9.17, 15) is 4.79 Å². The van der Waals surface area contributed by atoms with Crippen LogP contribution in [0.25, 0.3) is 0 Å². The average Bonchev–Trinajstić information content (AvgIpc) is 2.75. The van der Waals surface area contributed by atoms with Crippen molar-refractivity contribution in [3.8, 4) is 5.75 Å². The molecule has 7 nitrogen and oxygen atoms in total. The normalized spacial score (nSPS) is 16.2. The van der Waals surface area contributed by atoms with E-state index in [-0.39, 0.29) is 12.3 Å². The third-order valence-electron chi connectivity index (χ3n) is 5.15. The first-order valence-corrected chi connectivity index (χ1v) is 10.7. The van der Waals surface area contributed by atoms with Gasteiger partial charge in [-0.1, -0.05) is 11.6 Å². The number of nitrogens with one attached hydrogen (secondary N) is 1. The van der Waals surface area contributed by atoms with Gasteiger partial charge in [0.05, 0.1) is 25.3 Å². The van der Waals surface area contributed by atoms with Crippen LogP contribution in [-0.4, -0.2) is 61.6 Å². The lowest BCUT2D eigenvalue weighted by molar-refractivity contribution is -0.131. The molecule has 0 radical (unpaired) electrons. The number of benzene rings is 1. The van der Waals surface area contributed by atoms with Gasteiger partial charge in [-0.05, 0) is 43.7 Å². The van der Waals surface area contributed by atoms with Gasteiger partial charge in [0.15, 0.2) is 0 Å². The Kier molecular flexibility index (Phi) is 7.87. The van der Waals surface area contributed by atoms with Crippen LogP contribution in [0.5, 0.6) is 5.75 Å². The first kappa shape index (κ1) is 22.3. The molecule has 0 bridgehead atoms. The van der Waals surface area contributed by atoms with E-state index in [0.29, 0.717) is 35.7 Å². The number of aromatic nitrogens is 2. The number of hydrogen-bond acceptors (Lipinski definition) is 6. The summed E-state index contributed by atoms with van der Waals surface area (Å²) < 4.78 is 5.63. The van der Waals surface area contributed by atoms with Crippen LogP contribution in [0, 0.1) is 0 Å². The van der Waals surface area contributed by atoms with Crippen LogP contribution >= 0.6 is 11.6 Å². The molecule has 3 rings (SSSR count). The Morgan fingerprint density at radius 1 is 1.23 bits per heavy atom. The number of halogens is 1. The molecule has 1 amide bonds. The fraction of sp³-hybridized carbons (Fsp3) is 0.500. The molecule has 0 saturated carbocycles. The van der Waals surface area contributed by atoms with Crippen molar-refractivity contribution in [1.29, 1.82) is 0 Å². The standard InChI is InChI=1S/C22H30ClN5O2/c1-27(2)21-13-19(16-5-4-11-24-14-16)25-20(26-21)15-28(3)22(29)10-12-30-18-8-6-17(23)7-9-18/h6-9,13,16,24H,4-5,10-12,14-15H2,1-3H3. The van der Waals surface area contributed by atoms with Gasteiger partial charge in [0.2, 0.25) is 5.91 Å². The second-order valence-electron chi connectivity index (χ2n) is 7.81. The van der Waals surface area contributed by atoms with Gasteiger partial charge in [0.1, 0.15) is 17.4 Å². The summed E-state index contributed by atoms with van der Waals surface area (Å²) in [7, 11) is 5.72. The molecule has 1 unspecified atom stereocenters. The predicted molar refractivity (Wildman–Crippen MR) is 119 cm³/mol. The number of piperidine rings is 1. The Bertz CT molecular complexity index is 838. The average molecular weight is 432 g/mol. The lowest BCUT2D eigenvalue weighted by Gasteiger charge is -2.24. The SMILES string of the molecule is CN(Cc1nc(C2CCCNC2)cc(N(C)C)n1)C(=O)CCOc1ccc(Cl)cc1. The highest BCUT2D eigenvalue weighted by molar-refractivity contribution is 6.30. The van der Waals surface area contributed by atoms with Crippen molar-refractivity contribution in [2.24, 2.45) is 0 Å². The maximum Gasteiger partial charge on any atom is 0.226 e. The Labute approximate surface area is 183 Å². The first-order valence-electron chi connectivity index (χ1n) is 10.3. The Morgan fingerprint density at radius 3 is 2.67 bits per heavy atom. The lowest BCUT2D eigenvalue weighted by Crippen LogP contribution is -2.31. The van der Waals surface area contributed by atoms with E-state index in [0.717, 1.165) is 37.4 Å². The number of amides is 1. The second kappa shape index (κ2) is 10.6. The van der Waals surface area contributed by atoms with Crippen LogP contribution in [0.2, 0.25) is 5.02 Å². The van der Waals surface area contributed by atoms with Crippen LogP contribution in [0.15, 0.2) is 30.3 Å². The quantitative estimate of drug-likeness (QED) is 0.692. The summed E-state index contributed by atoms with van der Waals surface area (Å²) in [6, 6.07) is 9.17. The summed E-state index contributed by atoms with van der Waals surface area (Å²) in [5.41, 5.74) is 1.04. The molecule has 30 heavy (non-hydrogen) atoms. The van der Waals surface area contributed by atoms with Gasteiger partial charge in [0.25, 0.3) is 0 Å². The molecular formula is C22H30ClN5O2. The number of hydrogen-bond donors (Lipinski definition) is 1. The molecule has 0 spiro atoms. The number of carbonyl (C=O) groups excluding carboxylic acids is 1. The van der Waals surface area contributed by atoms with Crippen molar-refractivity contribution >= 4 is 23.3 Å². The van der Waals surface area contributed by atoms with Crippen LogP contribution in [0.1, 0.15) is 36.7 Å². The monoisotopic (exact) mass is 431 g/mol. The van der Waals surface area contributed by atoms with E-state index in [1.54, 1.807) is 36.2 Å². The number of nitrogens with zero attached hydrogens (tertiary/aromatic N) is 4. The fourth-order valence-electron chi connectivity index (χ4n) is 3.39. The molecule has 8 heteroatoms. The van der Waals surface area contributed by atoms with Crippen molar-refractivity contribution in [3.05, 3.63) is 46.9 Å². The molecule has 1 aromatic carbocycles. The zero-order valence-electron chi connectivity index (χ0n) is 17.9. The molecule has 1 aromatic heterocycles. The molecule has 1 aliphatic rings. The van der Waals surface area contributed by atoms with Crippen LogP contribution < -0.4 is 15.0 Å². The molecule has 162 valence electrons. The number of rotatable bonds is 8. The summed E-state index contributed by atoms with van der Waals surface area (Å²) in [5, 5.41) is 4.09. The summed E-state index contributed by atoms with van der Waals surface area (Å²) in [5.74, 6) is 2.60. The van der Waals surface area contributed by atoms with E-state index < -0.39 is 0 Å². The Hall–Kier alpha value is -2.38. The fourth-order valence-corrected chi connectivity index (χ4v) is 3.52. The van der Waals surface area contributed by atoms with E-state index in [2.05, 4.69) is 16.4 Å². The molecule has 1 aliphatic heterocycles. The van der Waals surface area contributed by atoms with E-state index in [1.165, 1.54) is 0 Å². The highest BCUT2D eigenvalue weighted by Crippen LogP contribution is 2.24. The van der Waals surface area contributed by atoms with Crippen molar-refractivity contribution < 1.29 is 9.53 Å². The van der Waals surface area contributed by atoms with E-state index >= 15 is 0 Å². The smallest absolute Gasteiger partial charge is 0.226 e. The van der Waals surface area contributed by atoms with Gasteiger partial charge in [-0.2, -0.15) is 0 Å². The summed E-state index contributed by atoms with van der Waals surface area (Å²) in [4.78, 5) is 25.6. The van der Waals surface area contributed by atoms with Crippen molar-refractivity contribution in [2.75, 3.05) is 45.7 Å². The maximum absolute atomic E-state index is 12.5. The van der Waals surface area contributed by atoms with Crippen molar-refractivity contribution in [1.82, 2.24) is 20.2 Å². The van der Waals surface area contributed by atoms with Crippen molar-refractivity contribution in [2.45, 2.75) is 31.7 Å². The van der Waals surface area contributed by atoms with Gasteiger partial charge in [0, 0.05) is 44.7 Å². The summed E-state index contributed by atoms with van der Waals surface area (Å²) in [6.07, 6.45) is 2.55. The van der Waals surface area contributed by atoms with Gasteiger partial charge < -0.3 is 19.9 Å². The minimum absolute atomic E-state index is 0.0105. The zero-order valence-corrected chi connectivity index (χ0v) is 18.7. The number of carbonyl (C=O) groups is 1. The molecule has 1 fully saturated rings. The van der Waals surface area contributed by atoms with Gasteiger partial charge in [-0.25, -0.2) is 9.97 Å². The minimum Gasteiger partial charge on any atom is -0.493 e. The van der Waals surface area contributed by atoms with Crippen LogP contribution in [0.4, 0.5) is 5.82 Å². The molecule has 1 atom stereocenters.